The molecule has 2 atom stereocenters. The lowest BCUT2D eigenvalue weighted by Gasteiger charge is -2.17. The molecule has 0 heterocycles. The molecule has 0 aliphatic rings. The summed E-state index contributed by atoms with van der Waals surface area (Å²) in [6.07, 6.45) is -2.24. The molecular weight excluding hydrogens is 374 g/mol. The number of nitro benzene ring substituents is 1. The lowest BCUT2D eigenvalue weighted by molar-refractivity contribution is -0.385. The second kappa shape index (κ2) is 8.11. The lowest BCUT2D eigenvalue weighted by atomic mass is 10.0. The molecule has 0 saturated heterocycles. The second-order valence-corrected chi connectivity index (χ2v) is 4.66. The maximum absolute atomic E-state index is 13.8. The summed E-state index contributed by atoms with van der Waals surface area (Å²) in [6, 6.07) is 0.380. The van der Waals surface area contributed by atoms with Crippen molar-refractivity contribution in [2.75, 3.05) is 6.61 Å². The Labute approximate surface area is 134 Å². The van der Waals surface area contributed by atoms with E-state index in [0.29, 0.717) is 0 Å². The lowest BCUT2D eigenvalue weighted by Crippen LogP contribution is -2.31. The van der Waals surface area contributed by atoms with Gasteiger partial charge in [-0.15, -0.1) is 12.4 Å². The summed E-state index contributed by atoms with van der Waals surface area (Å²) in [5.41, 5.74) is 4.88. The number of phenolic OH excluding ortho intramolecular Hbond substituents is 1. The van der Waals surface area contributed by atoms with Crippen molar-refractivity contribution in [2.45, 2.75) is 19.1 Å². The summed E-state index contributed by atoms with van der Waals surface area (Å²) in [5.74, 6) is -1.66. The van der Waals surface area contributed by atoms with Crippen molar-refractivity contribution >= 4 is 40.0 Å². The van der Waals surface area contributed by atoms with E-state index in [2.05, 4.69) is 20.7 Å². The van der Waals surface area contributed by atoms with Crippen molar-refractivity contribution in [3.8, 4) is 5.75 Å². The van der Waals surface area contributed by atoms with Gasteiger partial charge in [0.25, 0.3) is 5.69 Å². The number of aromatic hydroxyl groups is 1. The molecule has 0 fully saturated rings. The van der Waals surface area contributed by atoms with Gasteiger partial charge in [0.15, 0.2) is 0 Å². The van der Waals surface area contributed by atoms with Crippen molar-refractivity contribution in [3.63, 3.8) is 0 Å². The van der Waals surface area contributed by atoms with Crippen LogP contribution in [0.25, 0.3) is 0 Å². The van der Waals surface area contributed by atoms with Gasteiger partial charge in [0.2, 0.25) is 6.17 Å². The molecule has 0 aliphatic heterocycles. The van der Waals surface area contributed by atoms with Crippen LogP contribution in [0.5, 0.6) is 5.75 Å². The minimum Gasteiger partial charge on any atom is -0.506 e. The van der Waals surface area contributed by atoms with E-state index in [1.54, 1.807) is 0 Å². The molecule has 3 N–H and O–H groups in total. The first-order chi connectivity index (χ1) is 9.29. The van der Waals surface area contributed by atoms with E-state index in [4.69, 9.17) is 5.73 Å². The fourth-order valence-electron chi connectivity index (χ4n) is 1.49. The summed E-state index contributed by atoms with van der Waals surface area (Å²) in [5, 5.41) is 20.5. The summed E-state index contributed by atoms with van der Waals surface area (Å²) < 4.78 is 18.3. The Bertz CT molecular complexity index is 546. The molecule has 10 heteroatoms. The number of nitrogens with two attached hydrogens (primary N) is 1. The van der Waals surface area contributed by atoms with E-state index in [1.165, 1.54) is 6.92 Å². The number of ether oxygens (including phenoxy) is 1. The average Bonchev–Trinajstić information content (AvgIpc) is 2.40. The number of phenols is 1. The fraction of sp³-hybridized carbons (Fsp3) is 0.364. The van der Waals surface area contributed by atoms with Crippen molar-refractivity contribution in [1.29, 1.82) is 0 Å². The van der Waals surface area contributed by atoms with Gasteiger partial charge < -0.3 is 15.6 Å². The number of alkyl halides is 1. The van der Waals surface area contributed by atoms with Crippen LogP contribution < -0.4 is 5.73 Å². The normalized spacial score (nSPS) is 13.0. The highest BCUT2D eigenvalue weighted by molar-refractivity contribution is 9.10. The zero-order chi connectivity index (χ0) is 15.4. The van der Waals surface area contributed by atoms with E-state index in [-0.39, 0.29) is 29.1 Å². The van der Waals surface area contributed by atoms with Gasteiger partial charge in [-0.1, -0.05) is 0 Å². The van der Waals surface area contributed by atoms with Gasteiger partial charge in [-0.2, -0.15) is 0 Å². The molecule has 21 heavy (non-hydrogen) atoms. The highest BCUT2D eigenvalue weighted by Crippen LogP contribution is 2.36. The van der Waals surface area contributed by atoms with Crippen LogP contribution in [0.1, 0.15) is 18.5 Å². The molecule has 0 bridgehead atoms. The molecule has 0 aliphatic carbocycles. The maximum Gasteiger partial charge on any atom is 0.342 e. The number of nitro groups is 1. The number of rotatable bonds is 5. The number of esters is 1. The fourth-order valence-corrected chi connectivity index (χ4v) is 1.95. The van der Waals surface area contributed by atoms with E-state index < -0.39 is 34.5 Å². The first kappa shape index (κ1) is 19.6. The van der Waals surface area contributed by atoms with Crippen LogP contribution in [0.4, 0.5) is 10.1 Å². The van der Waals surface area contributed by atoms with E-state index in [9.17, 15) is 24.4 Å². The van der Waals surface area contributed by atoms with Crippen LogP contribution in [-0.2, 0) is 9.53 Å². The summed E-state index contributed by atoms with van der Waals surface area (Å²) in [7, 11) is 0. The standard InChI is InChI=1S/C11H12BrFN2O5.ClH/c1-2-20-11(17)8(13)9(14)6-3-5(15(18)19)4-7(12)10(6)16;/h3-4,8-9,16H,2,14H2,1H3;1H/t8?,9-;/m0./s1. The van der Waals surface area contributed by atoms with Gasteiger partial charge in [-0.3, -0.25) is 10.1 Å². The zero-order valence-electron chi connectivity index (χ0n) is 10.8. The molecular formula is C11H13BrClFN2O5. The smallest absolute Gasteiger partial charge is 0.342 e. The molecule has 1 rings (SSSR count). The third-order valence-electron chi connectivity index (χ3n) is 2.47. The molecule has 0 aromatic heterocycles. The SMILES string of the molecule is CCOC(=O)C(F)[C@@H](N)c1cc([N+](=O)[O-])cc(Br)c1O.Cl. The van der Waals surface area contributed by atoms with Crippen LogP contribution >= 0.6 is 28.3 Å². The monoisotopic (exact) mass is 386 g/mol. The molecule has 0 saturated carbocycles. The Morgan fingerprint density at radius 2 is 2.19 bits per heavy atom. The van der Waals surface area contributed by atoms with Crippen LogP contribution in [0.2, 0.25) is 0 Å². The summed E-state index contributed by atoms with van der Waals surface area (Å²) in [6.45, 7) is 1.47. The molecule has 118 valence electrons. The topological polar surface area (TPSA) is 116 Å². The molecule has 7 nitrogen and oxygen atoms in total. The first-order valence-electron chi connectivity index (χ1n) is 5.52. The number of non-ortho nitro benzene ring substituents is 1. The van der Waals surface area contributed by atoms with Crippen molar-refractivity contribution < 1.29 is 24.0 Å². The van der Waals surface area contributed by atoms with Crippen molar-refractivity contribution in [2.24, 2.45) is 5.73 Å². The van der Waals surface area contributed by atoms with Crippen LogP contribution in [0.3, 0.4) is 0 Å². The second-order valence-electron chi connectivity index (χ2n) is 3.80. The Morgan fingerprint density at radius 1 is 1.62 bits per heavy atom. The molecule has 1 aromatic carbocycles. The van der Waals surface area contributed by atoms with Gasteiger partial charge in [-0.25, -0.2) is 9.18 Å². The van der Waals surface area contributed by atoms with E-state index in [1.807, 2.05) is 0 Å². The number of halogens is 3. The number of hydrogen-bond acceptors (Lipinski definition) is 6. The number of carbonyl (C=O) groups excluding carboxylic acids is 1. The third-order valence-corrected chi connectivity index (χ3v) is 3.08. The highest BCUT2D eigenvalue weighted by atomic mass is 79.9. The van der Waals surface area contributed by atoms with Gasteiger partial charge in [-0.05, 0) is 22.9 Å². The predicted molar refractivity (Wildman–Crippen MR) is 78.2 cm³/mol. The zero-order valence-corrected chi connectivity index (χ0v) is 13.2. The Kier molecular flexibility index (Phi) is 7.55. The number of benzene rings is 1. The third kappa shape index (κ3) is 4.51. The van der Waals surface area contributed by atoms with Crippen molar-refractivity contribution in [3.05, 3.63) is 32.3 Å². The number of carbonyl (C=O) groups is 1. The molecule has 0 spiro atoms. The summed E-state index contributed by atoms with van der Waals surface area (Å²) >= 11 is 2.90. The Balaban J connectivity index is 0.00000400. The minimum absolute atomic E-state index is 0. The van der Waals surface area contributed by atoms with Crippen LogP contribution in [0.15, 0.2) is 16.6 Å². The minimum atomic E-state index is -2.24. The maximum atomic E-state index is 13.8. The molecule has 0 radical (unpaired) electrons. The number of hydrogen-bond donors (Lipinski definition) is 2. The molecule has 1 aromatic rings. The number of nitrogens with zero attached hydrogens (tertiary/aromatic N) is 1. The average molecular weight is 388 g/mol. The van der Waals surface area contributed by atoms with Crippen molar-refractivity contribution in [1.82, 2.24) is 0 Å². The Morgan fingerprint density at radius 3 is 2.67 bits per heavy atom. The van der Waals surface area contributed by atoms with E-state index in [0.717, 1.165) is 12.1 Å². The summed E-state index contributed by atoms with van der Waals surface area (Å²) in [4.78, 5) is 21.3. The highest BCUT2D eigenvalue weighted by Gasteiger charge is 2.31. The van der Waals surface area contributed by atoms with Crippen LogP contribution in [-0.4, -0.2) is 28.8 Å². The molecule has 1 unspecified atom stereocenters. The van der Waals surface area contributed by atoms with Gasteiger partial charge in [0.1, 0.15) is 5.75 Å². The van der Waals surface area contributed by atoms with Gasteiger partial charge in [0.05, 0.1) is 22.0 Å². The first-order valence-corrected chi connectivity index (χ1v) is 6.32. The van der Waals surface area contributed by atoms with E-state index >= 15 is 0 Å². The predicted octanol–water partition coefficient (Wildman–Crippen LogP) is 2.39. The van der Waals surface area contributed by atoms with Gasteiger partial charge >= 0.3 is 5.97 Å². The quantitative estimate of drug-likeness (QED) is 0.455. The largest absolute Gasteiger partial charge is 0.506 e. The van der Waals surface area contributed by atoms with Crippen LogP contribution in [0, 0.1) is 10.1 Å². The van der Waals surface area contributed by atoms with Gasteiger partial charge in [0, 0.05) is 17.7 Å². The Hall–Kier alpha value is -1.45. The molecule has 0 amide bonds.